The van der Waals surface area contributed by atoms with Crippen molar-refractivity contribution in [2.75, 3.05) is 6.54 Å². The summed E-state index contributed by atoms with van der Waals surface area (Å²) in [6.45, 7) is 1.35. The summed E-state index contributed by atoms with van der Waals surface area (Å²) in [4.78, 5) is 15.0. The molecule has 3 aliphatic rings. The van der Waals surface area contributed by atoms with Crippen LogP contribution in [0.3, 0.4) is 0 Å². The average molecular weight is 316 g/mol. The normalized spacial score (nSPS) is 33.2. The summed E-state index contributed by atoms with van der Waals surface area (Å²) in [5, 5.41) is 0. The quantitative estimate of drug-likeness (QED) is 0.866. The predicted octanol–water partition coefficient (Wildman–Crippen LogP) is 2.86. The monoisotopic (exact) mass is 316 g/mol. The number of fused-ring (bicyclic) bond motifs is 3. The highest BCUT2D eigenvalue weighted by molar-refractivity contribution is 5.79. The minimum Gasteiger partial charge on any atom is -0.338 e. The number of amides is 1. The molecular formula is C19H25FN2O. The first-order valence-electron chi connectivity index (χ1n) is 8.93. The standard InChI is InChI=1S/C19H25FN2O/c20-17-5-4-15-11-22(7-6-12(15)10-17)19(23)16-8-13-2-1-3-14(9-16)18(13)21/h4-5,10,13-14,16,18H,1-3,6-9,11,21H2. The van der Waals surface area contributed by atoms with Crippen LogP contribution in [-0.4, -0.2) is 23.4 Å². The van der Waals surface area contributed by atoms with Crippen molar-refractivity contribution in [3.05, 3.63) is 35.1 Å². The number of benzene rings is 1. The van der Waals surface area contributed by atoms with Crippen molar-refractivity contribution < 1.29 is 9.18 Å². The molecule has 1 amide bonds. The van der Waals surface area contributed by atoms with E-state index in [0.29, 0.717) is 36.9 Å². The zero-order valence-corrected chi connectivity index (χ0v) is 13.5. The fourth-order valence-electron chi connectivity index (χ4n) is 4.96. The molecule has 2 fully saturated rings. The average Bonchev–Trinajstić information content (AvgIpc) is 2.53. The van der Waals surface area contributed by atoms with Crippen LogP contribution in [0.1, 0.15) is 43.2 Å². The number of rotatable bonds is 1. The molecule has 2 atom stereocenters. The molecule has 0 spiro atoms. The second kappa shape index (κ2) is 5.90. The fraction of sp³-hybridized carbons (Fsp3) is 0.632. The lowest BCUT2D eigenvalue weighted by Crippen LogP contribution is -2.50. The van der Waals surface area contributed by atoms with Crippen LogP contribution in [0.25, 0.3) is 0 Å². The molecule has 0 saturated heterocycles. The predicted molar refractivity (Wildman–Crippen MR) is 87.1 cm³/mol. The van der Waals surface area contributed by atoms with Crippen molar-refractivity contribution in [3.8, 4) is 0 Å². The van der Waals surface area contributed by atoms with Crippen LogP contribution in [0.4, 0.5) is 4.39 Å². The van der Waals surface area contributed by atoms with Crippen LogP contribution >= 0.6 is 0 Å². The molecule has 1 aromatic carbocycles. The van der Waals surface area contributed by atoms with Crippen molar-refractivity contribution in [1.82, 2.24) is 4.90 Å². The molecule has 2 saturated carbocycles. The third-order valence-corrected chi connectivity index (χ3v) is 6.25. The lowest BCUT2D eigenvalue weighted by Gasteiger charge is -2.45. The molecule has 2 N–H and O–H groups in total. The number of carbonyl (C=O) groups excluding carboxylic acids is 1. The Kier molecular flexibility index (Phi) is 3.88. The minimum atomic E-state index is -0.183. The van der Waals surface area contributed by atoms with Crippen molar-refractivity contribution in [3.63, 3.8) is 0 Å². The van der Waals surface area contributed by atoms with Gasteiger partial charge in [-0.05, 0) is 67.2 Å². The highest BCUT2D eigenvalue weighted by atomic mass is 19.1. The van der Waals surface area contributed by atoms with Crippen LogP contribution in [0.5, 0.6) is 0 Å². The number of hydrogen-bond donors (Lipinski definition) is 1. The molecule has 23 heavy (non-hydrogen) atoms. The SMILES string of the molecule is NC1C2CCCC1CC(C(=O)N1CCc3cc(F)ccc3C1)C2. The van der Waals surface area contributed by atoms with Gasteiger partial charge >= 0.3 is 0 Å². The highest BCUT2D eigenvalue weighted by Crippen LogP contribution is 2.42. The van der Waals surface area contributed by atoms with Crippen molar-refractivity contribution >= 4 is 5.91 Å². The van der Waals surface area contributed by atoms with E-state index in [-0.39, 0.29) is 11.7 Å². The molecule has 0 aromatic heterocycles. The molecular weight excluding hydrogens is 291 g/mol. The molecule has 2 unspecified atom stereocenters. The van der Waals surface area contributed by atoms with Gasteiger partial charge in [-0.25, -0.2) is 4.39 Å². The van der Waals surface area contributed by atoms with Gasteiger partial charge in [-0.2, -0.15) is 0 Å². The molecule has 3 nitrogen and oxygen atoms in total. The largest absolute Gasteiger partial charge is 0.338 e. The summed E-state index contributed by atoms with van der Waals surface area (Å²) >= 11 is 0. The first-order valence-corrected chi connectivity index (χ1v) is 8.93. The van der Waals surface area contributed by atoms with E-state index >= 15 is 0 Å². The maximum absolute atomic E-state index is 13.3. The third-order valence-electron chi connectivity index (χ3n) is 6.25. The molecule has 1 aliphatic heterocycles. The Labute approximate surface area is 137 Å². The minimum absolute atomic E-state index is 0.145. The van der Waals surface area contributed by atoms with E-state index in [2.05, 4.69) is 0 Å². The number of carbonyl (C=O) groups is 1. The molecule has 0 radical (unpaired) electrons. The maximum atomic E-state index is 13.3. The van der Waals surface area contributed by atoms with Crippen molar-refractivity contribution in [1.29, 1.82) is 0 Å². The van der Waals surface area contributed by atoms with Gasteiger partial charge in [0.15, 0.2) is 0 Å². The Morgan fingerprint density at radius 2 is 1.91 bits per heavy atom. The second-order valence-corrected chi connectivity index (χ2v) is 7.62. The Bertz CT molecular complexity index is 603. The van der Waals surface area contributed by atoms with Gasteiger partial charge in [0.1, 0.15) is 5.82 Å². The van der Waals surface area contributed by atoms with E-state index in [1.165, 1.54) is 25.3 Å². The van der Waals surface area contributed by atoms with Gasteiger partial charge < -0.3 is 10.6 Å². The fourth-order valence-corrected chi connectivity index (χ4v) is 4.96. The second-order valence-electron chi connectivity index (χ2n) is 7.62. The van der Waals surface area contributed by atoms with E-state index in [1.54, 1.807) is 6.07 Å². The summed E-state index contributed by atoms with van der Waals surface area (Å²) in [6.07, 6.45) is 6.32. The smallest absolute Gasteiger partial charge is 0.226 e. The number of nitrogens with two attached hydrogens (primary N) is 1. The van der Waals surface area contributed by atoms with Crippen LogP contribution in [0.2, 0.25) is 0 Å². The molecule has 2 bridgehead atoms. The molecule has 1 aromatic rings. The zero-order valence-electron chi connectivity index (χ0n) is 13.5. The summed E-state index contributed by atoms with van der Waals surface area (Å²) < 4.78 is 13.3. The van der Waals surface area contributed by atoms with Crippen molar-refractivity contribution in [2.24, 2.45) is 23.5 Å². The van der Waals surface area contributed by atoms with Crippen LogP contribution in [0.15, 0.2) is 18.2 Å². The summed E-state index contributed by atoms with van der Waals surface area (Å²) in [7, 11) is 0. The van der Waals surface area contributed by atoms with Crippen molar-refractivity contribution in [2.45, 2.75) is 51.1 Å². The van der Waals surface area contributed by atoms with Gasteiger partial charge in [0.05, 0.1) is 0 Å². The van der Waals surface area contributed by atoms with E-state index in [9.17, 15) is 9.18 Å². The first-order chi connectivity index (χ1) is 11.1. The molecule has 124 valence electrons. The highest BCUT2D eigenvalue weighted by Gasteiger charge is 2.41. The Hall–Kier alpha value is -1.42. The van der Waals surface area contributed by atoms with E-state index < -0.39 is 0 Å². The number of halogens is 1. The summed E-state index contributed by atoms with van der Waals surface area (Å²) in [5.41, 5.74) is 8.49. The van der Waals surface area contributed by atoms with E-state index in [4.69, 9.17) is 5.73 Å². The van der Waals surface area contributed by atoms with Gasteiger partial charge in [-0.3, -0.25) is 4.79 Å². The molecule has 2 aliphatic carbocycles. The maximum Gasteiger partial charge on any atom is 0.226 e. The number of nitrogens with zero attached hydrogens (tertiary/aromatic N) is 1. The van der Waals surface area contributed by atoms with E-state index in [0.717, 1.165) is 30.4 Å². The zero-order chi connectivity index (χ0) is 16.0. The van der Waals surface area contributed by atoms with Crippen LogP contribution in [0, 0.1) is 23.6 Å². The van der Waals surface area contributed by atoms with Gasteiger partial charge in [-0.1, -0.05) is 12.5 Å². The summed E-state index contributed by atoms with van der Waals surface area (Å²) in [6, 6.07) is 5.24. The topological polar surface area (TPSA) is 46.3 Å². The Morgan fingerprint density at radius 1 is 1.17 bits per heavy atom. The summed E-state index contributed by atoms with van der Waals surface area (Å²) in [5.74, 6) is 1.32. The van der Waals surface area contributed by atoms with Gasteiger partial charge in [0.2, 0.25) is 5.91 Å². The Morgan fingerprint density at radius 3 is 2.65 bits per heavy atom. The van der Waals surface area contributed by atoms with E-state index in [1.807, 2.05) is 11.0 Å². The van der Waals surface area contributed by atoms with Crippen LogP contribution in [-0.2, 0) is 17.8 Å². The molecule has 4 rings (SSSR count). The molecule has 1 heterocycles. The lowest BCUT2D eigenvalue weighted by atomic mass is 9.65. The third kappa shape index (κ3) is 2.78. The number of hydrogen-bond acceptors (Lipinski definition) is 2. The van der Waals surface area contributed by atoms with Gasteiger partial charge in [-0.15, -0.1) is 0 Å². The first kappa shape index (κ1) is 15.1. The van der Waals surface area contributed by atoms with Crippen LogP contribution < -0.4 is 5.73 Å². The molecule has 4 heteroatoms. The Balaban J connectivity index is 1.47. The van der Waals surface area contributed by atoms with Gasteiger partial charge in [0, 0.05) is 25.0 Å². The lowest BCUT2D eigenvalue weighted by molar-refractivity contribution is -0.139. The van der Waals surface area contributed by atoms with Gasteiger partial charge in [0.25, 0.3) is 0 Å².